The number of nitriles is 1. The Balaban J connectivity index is 1.79. The maximum atomic E-state index is 13.8. The van der Waals surface area contributed by atoms with Gasteiger partial charge in [-0.25, -0.2) is 4.98 Å². The molecule has 1 aliphatic rings. The number of hydrogen-bond acceptors (Lipinski definition) is 5. The summed E-state index contributed by atoms with van der Waals surface area (Å²) in [5.41, 5.74) is 3.91. The third-order valence-corrected chi connectivity index (χ3v) is 6.62. The molecular formula is C30H33N3O3. The molecule has 36 heavy (non-hydrogen) atoms. The van der Waals surface area contributed by atoms with Crippen LogP contribution in [0.2, 0.25) is 0 Å². The Labute approximate surface area is 213 Å². The van der Waals surface area contributed by atoms with Crippen LogP contribution in [-0.2, 0) is 12.0 Å². The third-order valence-electron chi connectivity index (χ3n) is 6.62. The van der Waals surface area contributed by atoms with Gasteiger partial charge in [-0.2, -0.15) is 5.26 Å². The quantitative estimate of drug-likeness (QED) is 0.429. The van der Waals surface area contributed by atoms with E-state index in [-0.39, 0.29) is 17.2 Å². The van der Waals surface area contributed by atoms with Gasteiger partial charge in [0.15, 0.2) is 0 Å². The van der Waals surface area contributed by atoms with Crippen molar-refractivity contribution in [1.29, 1.82) is 5.26 Å². The minimum atomic E-state index is -0.208. The van der Waals surface area contributed by atoms with Crippen LogP contribution in [-0.4, -0.2) is 36.0 Å². The number of carbonyl (C=O) groups excluding carboxylic acids is 1. The normalized spacial score (nSPS) is 14.2. The molecule has 2 heterocycles. The van der Waals surface area contributed by atoms with Crippen LogP contribution in [0.5, 0.6) is 11.6 Å². The van der Waals surface area contributed by atoms with Crippen molar-refractivity contribution in [3.05, 3.63) is 77.5 Å². The average Bonchev–Trinajstić information content (AvgIpc) is 2.91. The number of nitrogens with zero attached hydrogens (tertiary/aromatic N) is 3. The molecule has 0 aliphatic carbocycles. The molecule has 4 rings (SSSR count). The Morgan fingerprint density at radius 1 is 1.08 bits per heavy atom. The Morgan fingerprint density at radius 3 is 2.44 bits per heavy atom. The second kappa shape index (κ2) is 10.8. The summed E-state index contributed by atoms with van der Waals surface area (Å²) in [6.07, 6.45) is 3.08. The molecule has 0 radical (unpaired) electrons. The van der Waals surface area contributed by atoms with Gasteiger partial charge in [-0.15, -0.1) is 0 Å². The number of likely N-dealkylation sites (tertiary alicyclic amines) is 1. The lowest BCUT2D eigenvalue weighted by Gasteiger charge is -2.31. The second-order valence-electron chi connectivity index (χ2n) is 10.2. The molecular weight excluding hydrogens is 450 g/mol. The van der Waals surface area contributed by atoms with Gasteiger partial charge in [0.05, 0.1) is 18.7 Å². The molecule has 186 valence electrons. The van der Waals surface area contributed by atoms with Crippen molar-refractivity contribution in [2.24, 2.45) is 5.92 Å². The topological polar surface area (TPSA) is 75.5 Å². The largest absolute Gasteiger partial charge is 0.496 e. The average molecular weight is 484 g/mol. The summed E-state index contributed by atoms with van der Waals surface area (Å²) < 4.78 is 11.9. The Bertz CT molecular complexity index is 1250. The van der Waals surface area contributed by atoms with Crippen LogP contribution in [0.15, 0.2) is 60.8 Å². The first kappa shape index (κ1) is 25.2. The van der Waals surface area contributed by atoms with Crippen LogP contribution in [0.25, 0.3) is 11.1 Å². The molecule has 0 N–H and O–H groups in total. The molecule has 6 heteroatoms. The van der Waals surface area contributed by atoms with E-state index >= 15 is 0 Å². The van der Waals surface area contributed by atoms with Crippen molar-refractivity contribution in [2.75, 3.05) is 20.2 Å². The molecule has 3 aromatic rings. The molecule has 0 unspecified atom stereocenters. The molecule has 0 bridgehead atoms. The maximum Gasteiger partial charge on any atom is 0.254 e. The number of piperidine rings is 1. The fraction of sp³-hybridized carbons (Fsp3) is 0.367. The number of rotatable bonds is 6. The number of carbonyl (C=O) groups is 1. The number of ether oxygens (including phenoxy) is 2. The van der Waals surface area contributed by atoms with E-state index in [0.29, 0.717) is 49.7 Å². The minimum absolute atomic E-state index is 0.00244. The monoisotopic (exact) mass is 483 g/mol. The second-order valence-corrected chi connectivity index (χ2v) is 10.2. The van der Waals surface area contributed by atoms with Crippen LogP contribution < -0.4 is 9.47 Å². The van der Waals surface area contributed by atoms with E-state index in [2.05, 4.69) is 31.8 Å². The van der Waals surface area contributed by atoms with E-state index in [1.54, 1.807) is 13.3 Å². The van der Waals surface area contributed by atoms with E-state index in [1.165, 1.54) is 0 Å². The first-order valence-corrected chi connectivity index (χ1v) is 12.4. The molecule has 6 nitrogen and oxygen atoms in total. The van der Waals surface area contributed by atoms with Gasteiger partial charge in [-0.1, -0.05) is 51.1 Å². The van der Waals surface area contributed by atoms with Crippen molar-refractivity contribution in [2.45, 2.75) is 45.6 Å². The van der Waals surface area contributed by atoms with Gasteiger partial charge in [0.1, 0.15) is 12.4 Å². The summed E-state index contributed by atoms with van der Waals surface area (Å²) in [6, 6.07) is 20.0. The van der Waals surface area contributed by atoms with Gasteiger partial charge in [0, 0.05) is 41.9 Å². The summed E-state index contributed by atoms with van der Waals surface area (Å²) >= 11 is 0. The number of methoxy groups -OCH3 is 1. The third kappa shape index (κ3) is 5.52. The smallest absolute Gasteiger partial charge is 0.254 e. The first-order valence-electron chi connectivity index (χ1n) is 12.4. The number of amides is 1. The molecule has 0 spiro atoms. The van der Waals surface area contributed by atoms with Gasteiger partial charge in [-0.05, 0) is 48.1 Å². The number of pyridine rings is 1. The Morgan fingerprint density at radius 2 is 1.81 bits per heavy atom. The van der Waals surface area contributed by atoms with E-state index in [1.807, 2.05) is 59.5 Å². The van der Waals surface area contributed by atoms with Crippen LogP contribution in [0, 0.1) is 17.2 Å². The first-order chi connectivity index (χ1) is 17.3. The lowest BCUT2D eigenvalue weighted by atomic mass is 9.83. The zero-order valence-electron chi connectivity index (χ0n) is 21.5. The molecule has 0 saturated carbocycles. The predicted octanol–water partition coefficient (Wildman–Crippen LogP) is 6.01. The number of hydrogen-bond donors (Lipinski definition) is 0. The highest BCUT2D eigenvalue weighted by Gasteiger charge is 2.29. The van der Waals surface area contributed by atoms with Crippen molar-refractivity contribution in [3.63, 3.8) is 0 Å². The Hall–Kier alpha value is -3.85. The van der Waals surface area contributed by atoms with E-state index in [0.717, 1.165) is 22.3 Å². The van der Waals surface area contributed by atoms with Crippen molar-refractivity contribution < 1.29 is 14.3 Å². The standard InChI is InChI=1S/C30H33N3O3/c1-30(2,3)26-17-24(23-11-8-14-32-28(23)36-20-22-9-6-5-7-10-22)25(18-27(26)35-4)29(34)33-15-12-21(19-31)13-16-33/h5-11,14,17-18,21H,12-13,15-16,20H2,1-4H3. The highest BCUT2D eigenvalue weighted by molar-refractivity contribution is 6.02. The molecule has 0 atom stereocenters. The predicted molar refractivity (Wildman–Crippen MR) is 140 cm³/mol. The van der Waals surface area contributed by atoms with Crippen LogP contribution in [0.1, 0.15) is 55.1 Å². The zero-order chi connectivity index (χ0) is 25.7. The Kier molecular flexibility index (Phi) is 7.59. The van der Waals surface area contributed by atoms with E-state index in [4.69, 9.17) is 9.47 Å². The molecule has 1 saturated heterocycles. The summed E-state index contributed by atoms with van der Waals surface area (Å²) in [4.78, 5) is 20.2. The molecule has 1 aliphatic heterocycles. The lowest BCUT2D eigenvalue weighted by Crippen LogP contribution is -2.38. The fourth-order valence-corrected chi connectivity index (χ4v) is 4.55. The minimum Gasteiger partial charge on any atom is -0.496 e. The number of aromatic nitrogens is 1. The van der Waals surface area contributed by atoms with Crippen LogP contribution in [0.3, 0.4) is 0 Å². The summed E-state index contributed by atoms with van der Waals surface area (Å²) in [5.74, 6) is 1.08. The molecule has 2 aromatic carbocycles. The summed E-state index contributed by atoms with van der Waals surface area (Å²) in [7, 11) is 1.63. The van der Waals surface area contributed by atoms with Gasteiger partial charge < -0.3 is 14.4 Å². The van der Waals surface area contributed by atoms with Crippen LogP contribution >= 0.6 is 0 Å². The van der Waals surface area contributed by atoms with Gasteiger partial charge >= 0.3 is 0 Å². The highest BCUT2D eigenvalue weighted by atomic mass is 16.5. The van der Waals surface area contributed by atoms with Crippen molar-refractivity contribution in [3.8, 4) is 28.8 Å². The fourth-order valence-electron chi connectivity index (χ4n) is 4.55. The summed E-state index contributed by atoms with van der Waals surface area (Å²) in [6.45, 7) is 7.86. The lowest BCUT2D eigenvalue weighted by molar-refractivity contribution is 0.0707. The number of benzene rings is 2. The van der Waals surface area contributed by atoms with Gasteiger partial charge in [-0.3, -0.25) is 4.79 Å². The summed E-state index contributed by atoms with van der Waals surface area (Å²) in [5, 5.41) is 9.27. The zero-order valence-corrected chi connectivity index (χ0v) is 21.5. The van der Waals surface area contributed by atoms with E-state index in [9.17, 15) is 10.1 Å². The van der Waals surface area contributed by atoms with Crippen molar-refractivity contribution >= 4 is 5.91 Å². The maximum absolute atomic E-state index is 13.8. The highest BCUT2D eigenvalue weighted by Crippen LogP contribution is 2.40. The SMILES string of the molecule is COc1cc(C(=O)N2CCC(C#N)CC2)c(-c2cccnc2OCc2ccccc2)cc1C(C)(C)C. The molecule has 1 fully saturated rings. The van der Waals surface area contributed by atoms with Gasteiger partial charge in [0.25, 0.3) is 5.91 Å². The van der Waals surface area contributed by atoms with Gasteiger partial charge in [0.2, 0.25) is 5.88 Å². The molecule has 1 amide bonds. The van der Waals surface area contributed by atoms with Crippen LogP contribution in [0.4, 0.5) is 0 Å². The van der Waals surface area contributed by atoms with E-state index < -0.39 is 0 Å². The molecule has 1 aromatic heterocycles. The van der Waals surface area contributed by atoms with Crippen molar-refractivity contribution in [1.82, 2.24) is 9.88 Å².